The second kappa shape index (κ2) is 4.20. The topological polar surface area (TPSA) is 124 Å². The molecule has 0 saturated carbocycles. The van der Waals surface area contributed by atoms with Crippen LogP contribution in [0.3, 0.4) is 0 Å². The van der Waals surface area contributed by atoms with Gasteiger partial charge in [0.1, 0.15) is 5.78 Å². The Morgan fingerprint density at radius 2 is 1.87 bits per heavy atom. The lowest BCUT2D eigenvalue weighted by Gasteiger charge is -2.13. The van der Waals surface area contributed by atoms with Crippen molar-refractivity contribution >= 4 is 7.60 Å². The van der Waals surface area contributed by atoms with Crippen LogP contribution < -0.4 is 5.73 Å². The minimum absolute atomic E-state index is 0.0713. The second-order valence-electron chi connectivity index (χ2n) is 3.18. The molecule has 0 radical (unpaired) electrons. The van der Waals surface area contributed by atoms with E-state index in [0.717, 1.165) is 0 Å². The van der Waals surface area contributed by atoms with Gasteiger partial charge in [0.15, 0.2) is 11.5 Å². The van der Waals surface area contributed by atoms with Crippen LogP contribution in [-0.4, -0.2) is 25.8 Å². The highest BCUT2D eigenvalue weighted by molar-refractivity contribution is 7.52. The van der Waals surface area contributed by atoms with Crippen molar-refractivity contribution in [2.75, 3.05) is 0 Å². The molecule has 84 valence electrons. The summed E-state index contributed by atoms with van der Waals surface area (Å²) in [6, 6.07) is 3.88. The predicted octanol–water partition coefficient (Wildman–Crippen LogP) is 0.103. The van der Waals surface area contributed by atoms with Crippen molar-refractivity contribution in [2.45, 2.75) is 12.2 Å². The smallest absolute Gasteiger partial charge is 0.342 e. The fraction of sp³-hybridized carbons (Fsp3) is 0.250. The van der Waals surface area contributed by atoms with Gasteiger partial charge in [0.2, 0.25) is 0 Å². The fourth-order valence-electron chi connectivity index (χ4n) is 1.06. The van der Waals surface area contributed by atoms with Crippen LogP contribution in [0.15, 0.2) is 18.2 Å². The number of rotatable bonds is 3. The molecule has 6 nitrogen and oxygen atoms in total. The molecule has 1 aromatic carbocycles. The largest absolute Gasteiger partial charge is 0.504 e. The summed E-state index contributed by atoms with van der Waals surface area (Å²) in [7, 11) is -4.32. The Balaban J connectivity index is 2.82. The van der Waals surface area contributed by atoms with E-state index in [9.17, 15) is 4.57 Å². The summed E-state index contributed by atoms with van der Waals surface area (Å²) in [5.41, 5.74) is 5.71. The van der Waals surface area contributed by atoms with Gasteiger partial charge in [-0.15, -0.1) is 0 Å². The molecule has 1 unspecified atom stereocenters. The summed E-state index contributed by atoms with van der Waals surface area (Å²) in [5.74, 6) is -1.93. The number of hydrogen-bond donors (Lipinski definition) is 5. The molecule has 7 heteroatoms. The number of phenolic OH excluding ortho intramolecular Hbond substituents is 2. The molecule has 0 aliphatic carbocycles. The van der Waals surface area contributed by atoms with E-state index in [4.69, 9.17) is 25.7 Å². The number of benzene rings is 1. The third-order valence-corrected chi connectivity index (χ3v) is 2.96. The molecular weight excluding hydrogens is 221 g/mol. The van der Waals surface area contributed by atoms with Crippen LogP contribution in [0, 0.1) is 0 Å². The van der Waals surface area contributed by atoms with Crippen LogP contribution in [0.25, 0.3) is 0 Å². The van der Waals surface area contributed by atoms with E-state index in [1.54, 1.807) is 0 Å². The first-order valence-electron chi connectivity index (χ1n) is 4.12. The zero-order valence-corrected chi connectivity index (χ0v) is 8.63. The molecule has 0 aliphatic rings. The number of hydrogen-bond acceptors (Lipinski definition) is 4. The normalized spacial score (nSPS) is 13.8. The molecule has 1 rings (SSSR count). The summed E-state index contributed by atoms with van der Waals surface area (Å²) in [6.07, 6.45) is -0.0713. The molecular formula is C8H12NO5P. The summed E-state index contributed by atoms with van der Waals surface area (Å²) < 4.78 is 10.7. The molecule has 0 aromatic heterocycles. The molecule has 0 heterocycles. The lowest BCUT2D eigenvalue weighted by atomic mass is 10.1. The maximum Gasteiger partial charge on any atom is 0.342 e. The number of nitrogens with two attached hydrogens (primary N) is 1. The van der Waals surface area contributed by atoms with E-state index >= 15 is 0 Å². The van der Waals surface area contributed by atoms with Crippen LogP contribution in [0.1, 0.15) is 5.56 Å². The fourth-order valence-corrected chi connectivity index (χ4v) is 1.51. The van der Waals surface area contributed by atoms with Crippen molar-refractivity contribution in [3.05, 3.63) is 23.8 Å². The third kappa shape index (κ3) is 3.21. The van der Waals surface area contributed by atoms with Crippen LogP contribution in [0.4, 0.5) is 0 Å². The van der Waals surface area contributed by atoms with Crippen molar-refractivity contribution in [1.82, 2.24) is 0 Å². The monoisotopic (exact) mass is 233 g/mol. The first kappa shape index (κ1) is 12.0. The lowest BCUT2D eigenvalue weighted by Crippen LogP contribution is -2.22. The molecule has 15 heavy (non-hydrogen) atoms. The molecule has 1 aromatic rings. The molecule has 0 amide bonds. The van der Waals surface area contributed by atoms with Gasteiger partial charge in [0, 0.05) is 0 Å². The standard InChI is InChI=1S/C8H12NO5P/c9-8(15(12,13)14)4-5-1-2-6(10)7(11)3-5/h1-3,8,10-11H,4,9H2,(H2,12,13,14). The van der Waals surface area contributed by atoms with Gasteiger partial charge in [0.25, 0.3) is 0 Å². The summed E-state index contributed by atoms with van der Waals surface area (Å²) >= 11 is 0. The quantitative estimate of drug-likeness (QED) is 0.372. The van der Waals surface area contributed by atoms with Gasteiger partial charge in [-0.2, -0.15) is 0 Å². The Kier molecular flexibility index (Phi) is 3.36. The van der Waals surface area contributed by atoms with E-state index in [1.807, 2.05) is 0 Å². The SMILES string of the molecule is NC(Cc1ccc(O)c(O)c1)P(=O)(O)O. The summed E-state index contributed by atoms with van der Waals surface area (Å²) in [4.78, 5) is 17.5. The molecule has 0 fully saturated rings. The van der Waals surface area contributed by atoms with E-state index in [-0.39, 0.29) is 17.9 Å². The van der Waals surface area contributed by atoms with E-state index in [2.05, 4.69) is 0 Å². The van der Waals surface area contributed by atoms with Gasteiger partial charge < -0.3 is 25.7 Å². The lowest BCUT2D eigenvalue weighted by molar-refractivity contribution is 0.357. The van der Waals surface area contributed by atoms with Crippen LogP contribution >= 0.6 is 7.60 Å². The zero-order chi connectivity index (χ0) is 11.6. The van der Waals surface area contributed by atoms with Crippen molar-refractivity contribution < 1.29 is 24.6 Å². The Labute approximate surface area is 86.1 Å². The van der Waals surface area contributed by atoms with Crippen molar-refractivity contribution in [3.8, 4) is 11.5 Å². The van der Waals surface area contributed by atoms with Crippen LogP contribution in [0.5, 0.6) is 11.5 Å². The summed E-state index contributed by atoms with van der Waals surface area (Å²) in [6.45, 7) is 0. The minimum atomic E-state index is -4.32. The Morgan fingerprint density at radius 1 is 1.27 bits per heavy atom. The van der Waals surface area contributed by atoms with Gasteiger partial charge in [-0.3, -0.25) is 4.57 Å². The first-order chi connectivity index (χ1) is 6.80. The van der Waals surface area contributed by atoms with Crippen LogP contribution in [-0.2, 0) is 11.0 Å². The van der Waals surface area contributed by atoms with Gasteiger partial charge >= 0.3 is 7.60 Å². The van der Waals surface area contributed by atoms with E-state index in [0.29, 0.717) is 5.56 Å². The highest BCUT2D eigenvalue weighted by Crippen LogP contribution is 2.40. The van der Waals surface area contributed by atoms with Crippen molar-refractivity contribution in [2.24, 2.45) is 5.73 Å². The van der Waals surface area contributed by atoms with Gasteiger partial charge in [-0.05, 0) is 24.1 Å². The Hall–Kier alpha value is -1.07. The molecule has 0 spiro atoms. The molecule has 6 N–H and O–H groups in total. The second-order valence-corrected chi connectivity index (χ2v) is 5.03. The molecule has 0 bridgehead atoms. The molecule has 0 aliphatic heterocycles. The molecule has 1 atom stereocenters. The predicted molar refractivity (Wildman–Crippen MR) is 53.5 cm³/mol. The average Bonchev–Trinajstić information content (AvgIpc) is 2.10. The number of phenols is 2. The Bertz CT molecular complexity index is 402. The Morgan fingerprint density at radius 3 is 2.33 bits per heavy atom. The highest BCUT2D eigenvalue weighted by Gasteiger charge is 2.24. The summed E-state index contributed by atoms with van der Waals surface area (Å²) in [5, 5.41) is 18.1. The first-order valence-corrected chi connectivity index (χ1v) is 5.80. The van der Waals surface area contributed by atoms with Gasteiger partial charge in [-0.25, -0.2) is 0 Å². The van der Waals surface area contributed by atoms with E-state index in [1.165, 1.54) is 18.2 Å². The zero-order valence-electron chi connectivity index (χ0n) is 7.74. The van der Waals surface area contributed by atoms with Crippen LogP contribution in [0.2, 0.25) is 0 Å². The maximum absolute atomic E-state index is 10.7. The average molecular weight is 233 g/mol. The number of aromatic hydroxyl groups is 2. The minimum Gasteiger partial charge on any atom is -0.504 e. The highest BCUT2D eigenvalue weighted by atomic mass is 31.2. The van der Waals surface area contributed by atoms with Crippen molar-refractivity contribution in [3.63, 3.8) is 0 Å². The maximum atomic E-state index is 10.7. The van der Waals surface area contributed by atoms with Gasteiger partial charge in [-0.1, -0.05) is 6.07 Å². The van der Waals surface area contributed by atoms with Crippen molar-refractivity contribution in [1.29, 1.82) is 0 Å². The molecule has 0 saturated heterocycles. The van der Waals surface area contributed by atoms with Gasteiger partial charge in [0.05, 0.1) is 0 Å². The van der Waals surface area contributed by atoms with E-state index < -0.39 is 13.4 Å². The third-order valence-electron chi connectivity index (χ3n) is 1.92.